The normalized spacial score (nSPS) is 26.0. The van der Waals surface area contributed by atoms with Crippen molar-refractivity contribution < 1.29 is 66.0 Å². The van der Waals surface area contributed by atoms with Gasteiger partial charge in [-0.15, -0.1) is 0 Å². The van der Waals surface area contributed by atoms with Crippen LogP contribution < -0.4 is 10.5 Å². The van der Waals surface area contributed by atoms with Crippen molar-refractivity contribution in [2.45, 2.75) is 47.1 Å². The van der Waals surface area contributed by atoms with Crippen LogP contribution in [0.3, 0.4) is 0 Å². The van der Waals surface area contributed by atoms with Crippen molar-refractivity contribution in [3.05, 3.63) is 29.8 Å². The molecule has 1 aromatic carbocycles. The van der Waals surface area contributed by atoms with Crippen LogP contribution in [-0.4, -0.2) is 109 Å². The van der Waals surface area contributed by atoms with E-state index in [2.05, 4.69) is 0 Å². The molecule has 1 aromatic rings. The highest BCUT2D eigenvalue weighted by atomic mass is 16.7. The predicted octanol–water partition coefficient (Wildman–Crippen LogP) is -6.40. The average molecular weight is 439 g/mol. The summed E-state index contributed by atoms with van der Waals surface area (Å²) in [7, 11) is 0. The summed E-state index contributed by atoms with van der Waals surface area (Å²) in [6, 6.07) is 5.19. The molecule has 1 aliphatic rings. The second kappa shape index (κ2) is 7.28. The highest BCUT2D eigenvalue weighted by Crippen LogP contribution is 2.53. The monoisotopic (exact) mass is 439 g/mol. The maximum atomic E-state index is 10.5. The number of aliphatic hydroxyl groups is 12. The first-order valence-corrected chi connectivity index (χ1v) is 8.49. The Labute approximate surface area is 168 Å². The van der Waals surface area contributed by atoms with Gasteiger partial charge in [0.25, 0.3) is 28.9 Å². The van der Waals surface area contributed by atoms with Crippen molar-refractivity contribution in [2.24, 2.45) is 5.73 Å². The van der Waals surface area contributed by atoms with E-state index in [-0.39, 0.29) is 24.3 Å². The number of benzene rings is 1. The summed E-state index contributed by atoms with van der Waals surface area (Å²) < 4.78 is 5.00. The van der Waals surface area contributed by atoms with Gasteiger partial charge in [0, 0.05) is 0 Å². The van der Waals surface area contributed by atoms with Crippen molar-refractivity contribution in [3.8, 4) is 5.75 Å². The molecule has 0 bridgehead atoms. The summed E-state index contributed by atoms with van der Waals surface area (Å²) in [6.07, 6.45) is -0.875. The number of hydrogen-bond acceptors (Lipinski definition) is 14. The molecule has 0 heterocycles. The molecule has 0 aliphatic heterocycles. The van der Waals surface area contributed by atoms with E-state index in [0.29, 0.717) is 0 Å². The lowest BCUT2D eigenvalue weighted by Gasteiger charge is -2.62. The van der Waals surface area contributed by atoms with Gasteiger partial charge in [0.05, 0.1) is 6.10 Å². The van der Waals surface area contributed by atoms with Crippen LogP contribution in [-0.2, 0) is 0 Å². The van der Waals surface area contributed by atoms with E-state index in [4.69, 9.17) is 10.5 Å². The Kier molecular flexibility index (Phi) is 6.01. The van der Waals surface area contributed by atoms with Gasteiger partial charge in [-0.05, 0) is 30.7 Å². The van der Waals surface area contributed by atoms with Crippen molar-refractivity contribution >= 4 is 0 Å². The molecule has 172 valence electrons. The highest BCUT2D eigenvalue weighted by Gasteiger charge is 2.91. The molecule has 14 N–H and O–H groups in total. The molecule has 14 nitrogen and oxygen atoms in total. The lowest BCUT2D eigenvalue weighted by Crippen LogP contribution is -2.96. The summed E-state index contributed by atoms with van der Waals surface area (Å²) in [6.45, 7) is -1.54. The Bertz CT molecular complexity index is 746. The van der Waals surface area contributed by atoms with Crippen LogP contribution in [0.4, 0.5) is 0 Å². The third kappa shape index (κ3) is 3.02. The van der Waals surface area contributed by atoms with Crippen LogP contribution in [0.25, 0.3) is 0 Å². The minimum atomic E-state index is -4.80. The smallest absolute Gasteiger partial charge is 0.286 e. The molecule has 14 heteroatoms. The summed E-state index contributed by atoms with van der Waals surface area (Å²) in [5.74, 6) is -23.8. The van der Waals surface area contributed by atoms with Crippen LogP contribution in [0.15, 0.2) is 24.3 Å². The fourth-order valence-electron chi connectivity index (χ4n) is 3.07. The van der Waals surface area contributed by atoms with Gasteiger partial charge >= 0.3 is 0 Å². The largest absolute Gasteiger partial charge is 0.490 e. The van der Waals surface area contributed by atoms with Gasteiger partial charge in [-0.25, -0.2) is 0 Å². The van der Waals surface area contributed by atoms with Crippen LogP contribution in [0, 0.1) is 0 Å². The quantitative estimate of drug-likeness (QED) is 0.184. The number of rotatable bonds is 6. The Morgan fingerprint density at radius 2 is 1.23 bits per heavy atom. The summed E-state index contributed by atoms with van der Waals surface area (Å²) in [5, 5.41) is 119. The second-order valence-electron chi connectivity index (χ2n) is 7.18. The molecule has 1 fully saturated rings. The Hall–Kier alpha value is -1.50. The van der Waals surface area contributed by atoms with E-state index >= 15 is 0 Å². The summed E-state index contributed by atoms with van der Waals surface area (Å²) >= 11 is 0. The number of aliphatic hydroxyl groups excluding tert-OH is 1. The molecular weight excluding hydrogens is 414 g/mol. The number of hydrogen-bond donors (Lipinski definition) is 13. The van der Waals surface area contributed by atoms with Gasteiger partial charge < -0.3 is 71.7 Å². The van der Waals surface area contributed by atoms with Gasteiger partial charge in [-0.1, -0.05) is 12.1 Å². The van der Waals surface area contributed by atoms with Crippen molar-refractivity contribution in [1.82, 2.24) is 0 Å². The molecular formula is C16H25NO13. The third-order valence-corrected chi connectivity index (χ3v) is 5.23. The van der Waals surface area contributed by atoms with Crippen LogP contribution in [0.1, 0.15) is 18.1 Å². The molecule has 30 heavy (non-hydrogen) atoms. The Morgan fingerprint density at radius 1 is 0.767 bits per heavy atom. The minimum Gasteiger partial charge on any atom is -0.490 e. The van der Waals surface area contributed by atoms with Crippen LogP contribution in [0.2, 0.25) is 0 Å². The molecule has 0 aromatic heterocycles. The molecule has 1 aliphatic carbocycles. The van der Waals surface area contributed by atoms with Gasteiger partial charge in [-0.2, -0.15) is 0 Å². The number of nitrogens with two attached hydrogens (primary N) is 1. The van der Waals surface area contributed by atoms with Gasteiger partial charge in [0.15, 0.2) is 0 Å². The van der Waals surface area contributed by atoms with E-state index < -0.39 is 47.2 Å². The minimum absolute atomic E-state index is 0.134. The second-order valence-corrected chi connectivity index (χ2v) is 7.18. The maximum absolute atomic E-state index is 10.5. The highest BCUT2D eigenvalue weighted by molar-refractivity contribution is 5.31. The van der Waals surface area contributed by atoms with E-state index in [1.165, 1.54) is 24.3 Å². The third-order valence-electron chi connectivity index (χ3n) is 5.23. The van der Waals surface area contributed by atoms with Crippen LogP contribution in [0.5, 0.6) is 5.75 Å². The zero-order chi connectivity index (χ0) is 23.4. The van der Waals surface area contributed by atoms with Gasteiger partial charge in [0.2, 0.25) is 5.60 Å². The fourth-order valence-corrected chi connectivity index (χ4v) is 3.07. The van der Waals surface area contributed by atoms with Crippen LogP contribution >= 0.6 is 0 Å². The average Bonchev–Trinajstić information content (AvgIpc) is 2.64. The molecule has 0 amide bonds. The molecule has 0 spiro atoms. The van der Waals surface area contributed by atoms with E-state index in [9.17, 15) is 61.3 Å². The van der Waals surface area contributed by atoms with Crippen molar-refractivity contribution in [1.29, 1.82) is 0 Å². The lowest BCUT2D eigenvalue weighted by atomic mass is 9.64. The standard InChI is InChI=1S/C16H25NO13/c17-5-4-10(18)8-2-1-3-9(6-8)30-7-11(19)12(20,21)14(24,25)16(28,29)15(26,27)13(11,22)23/h1-3,6,10,18-29H,4-5,7,17H2. The summed E-state index contributed by atoms with van der Waals surface area (Å²) in [5.41, 5.74) is 1.43. The van der Waals surface area contributed by atoms with Gasteiger partial charge in [-0.3, -0.25) is 0 Å². The predicted molar refractivity (Wildman–Crippen MR) is 91.4 cm³/mol. The first kappa shape index (κ1) is 24.8. The maximum Gasteiger partial charge on any atom is 0.286 e. The zero-order valence-corrected chi connectivity index (χ0v) is 15.4. The summed E-state index contributed by atoms with van der Waals surface area (Å²) in [4.78, 5) is 0. The first-order chi connectivity index (χ1) is 13.4. The van der Waals surface area contributed by atoms with Crippen molar-refractivity contribution in [3.63, 3.8) is 0 Å². The SMILES string of the molecule is NCCC(O)c1cccc(OCC2(O)C(O)(O)C(O)(O)C(O)(O)C(O)(O)C2(O)O)c1. The fraction of sp³-hybridized carbons (Fsp3) is 0.625. The van der Waals surface area contributed by atoms with Gasteiger partial charge in [0.1, 0.15) is 12.4 Å². The van der Waals surface area contributed by atoms with E-state index in [1.807, 2.05) is 0 Å². The molecule has 0 radical (unpaired) electrons. The lowest BCUT2D eigenvalue weighted by molar-refractivity contribution is -0.612. The molecule has 2 rings (SSSR count). The van der Waals surface area contributed by atoms with Crippen molar-refractivity contribution in [2.75, 3.05) is 13.2 Å². The number of ether oxygens (including phenoxy) is 1. The Balaban J connectivity index is 2.46. The topological polar surface area (TPSA) is 278 Å². The zero-order valence-electron chi connectivity index (χ0n) is 15.4. The molecule has 1 saturated carbocycles. The molecule has 1 unspecified atom stereocenters. The molecule has 1 atom stereocenters. The van der Waals surface area contributed by atoms with E-state index in [1.54, 1.807) is 0 Å². The molecule has 0 saturated heterocycles. The first-order valence-electron chi connectivity index (χ1n) is 8.49. The van der Waals surface area contributed by atoms with E-state index in [0.717, 1.165) is 0 Å². The Morgan fingerprint density at radius 3 is 1.70 bits per heavy atom.